The van der Waals surface area contributed by atoms with Crippen molar-refractivity contribution < 1.29 is 27.8 Å². The van der Waals surface area contributed by atoms with Gasteiger partial charge in [-0.1, -0.05) is 48.5 Å². The Hall–Kier alpha value is -2.54. The molecule has 7 heteroatoms. The van der Waals surface area contributed by atoms with Crippen LogP contribution in [0, 0.1) is 0 Å². The largest absolute Gasteiger partial charge is 0.449 e. The highest BCUT2D eigenvalue weighted by atomic mass is 19.4. The van der Waals surface area contributed by atoms with Crippen LogP contribution in [0.1, 0.15) is 29.9 Å². The average Bonchev–Trinajstić information content (AvgIpc) is 2.92. The Morgan fingerprint density at radius 2 is 1.59 bits per heavy atom. The molecule has 0 bridgehead atoms. The van der Waals surface area contributed by atoms with Crippen molar-refractivity contribution >= 4 is 6.09 Å². The van der Waals surface area contributed by atoms with Gasteiger partial charge in [-0.25, -0.2) is 4.79 Å². The van der Waals surface area contributed by atoms with Crippen molar-refractivity contribution in [2.75, 3.05) is 6.61 Å². The number of hydrogen-bond acceptors (Lipinski definition) is 3. The molecule has 1 amide bonds. The van der Waals surface area contributed by atoms with E-state index in [9.17, 15) is 23.1 Å². The number of carbonyl (C=O) groups excluding carboxylic acids is 1. The third-order valence-corrected chi connectivity index (χ3v) is 5.36. The molecule has 2 aliphatic rings. The van der Waals surface area contributed by atoms with Gasteiger partial charge in [0, 0.05) is 24.8 Å². The van der Waals surface area contributed by atoms with E-state index in [0.717, 1.165) is 22.3 Å². The summed E-state index contributed by atoms with van der Waals surface area (Å²) in [6.45, 7) is 0.0934. The second-order valence-electron chi connectivity index (χ2n) is 7.10. The molecule has 0 radical (unpaired) electrons. The van der Waals surface area contributed by atoms with E-state index in [1.165, 1.54) is 0 Å². The minimum Gasteiger partial charge on any atom is -0.449 e. The molecule has 0 unspecified atom stereocenters. The molecule has 142 valence electrons. The summed E-state index contributed by atoms with van der Waals surface area (Å²) in [7, 11) is 0. The Kier molecular flexibility index (Phi) is 4.14. The Balaban J connectivity index is 1.38. The lowest BCUT2D eigenvalue weighted by atomic mass is 9.75. The number of benzene rings is 2. The zero-order chi connectivity index (χ0) is 19.2. The van der Waals surface area contributed by atoms with E-state index in [2.05, 4.69) is 5.32 Å². The average molecular weight is 377 g/mol. The van der Waals surface area contributed by atoms with Gasteiger partial charge in [0.25, 0.3) is 0 Å². The minimum absolute atomic E-state index is 0.0934. The molecule has 2 N–H and O–H groups in total. The lowest BCUT2D eigenvalue weighted by molar-refractivity contribution is -0.291. The van der Waals surface area contributed by atoms with Crippen LogP contribution in [-0.4, -0.2) is 35.6 Å². The van der Waals surface area contributed by atoms with Crippen molar-refractivity contribution in [1.29, 1.82) is 0 Å². The third kappa shape index (κ3) is 3.06. The zero-order valence-corrected chi connectivity index (χ0v) is 14.3. The van der Waals surface area contributed by atoms with Gasteiger partial charge >= 0.3 is 12.3 Å². The number of ether oxygens (including phenoxy) is 1. The number of aliphatic hydroxyl groups is 1. The fourth-order valence-corrected chi connectivity index (χ4v) is 3.90. The third-order valence-electron chi connectivity index (χ3n) is 5.36. The summed E-state index contributed by atoms with van der Waals surface area (Å²) in [6, 6.07) is 15.0. The molecule has 0 aromatic heterocycles. The van der Waals surface area contributed by atoms with Crippen LogP contribution in [0.25, 0.3) is 11.1 Å². The lowest BCUT2D eigenvalue weighted by Crippen LogP contribution is -2.62. The van der Waals surface area contributed by atoms with Crippen molar-refractivity contribution in [1.82, 2.24) is 5.32 Å². The summed E-state index contributed by atoms with van der Waals surface area (Å²) < 4.78 is 43.2. The van der Waals surface area contributed by atoms with Crippen molar-refractivity contribution in [3.8, 4) is 11.1 Å². The maximum atomic E-state index is 12.6. The Morgan fingerprint density at radius 1 is 1.07 bits per heavy atom. The lowest BCUT2D eigenvalue weighted by Gasteiger charge is -2.44. The van der Waals surface area contributed by atoms with Crippen LogP contribution in [0.2, 0.25) is 0 Å². The molecule has 4 nitrogen and oxygen atoms in total. The van der Waals surface area contributed by atoms with Crippen LogP contribution in [0.15, 0.2) is 48.5 Å². The summed E-state index contributed by atoms with van der Waals surface area (Å²) >= 11 is 0. The molecule has 2 aromatic rings. The number of carbonyl (C=O) groups is 1. The zero-order valence-electron chi connectivity index (χ0n) is 14.3. The molecule has 4 rings (SSSR count). The topological polar surface area (TPSA) is 58.6 Å². The first-order valence-corrected chi connectivity index (χ1v) is 8.69. The van der Waals surface area contributed by atoms with E-state index in [0.29, 0.717) is 0 Å². The van der Waals surface area contributed by atoms with Crippen LogP contribution in [0.3, 0.4) is 0 Å². The molecule has 1 saturated carbocycles. The van der Waals surface area contributed by atoms with Gasteiger partial charge in [0.1, 0.15) is 6.61 Å². The molecule has 2 aliphatic carbocycles. The molecule has 2 aromatic carbocycles. The number of alkyl halides is 3. The van der Waals surface area contributed by atoms with Crippen molar-refractivity contribution in [2.24, 2.45) is 0 Å². The first-order valence-electron chi connectivity index (χ1n) is 8.69. The van der Waals surface area contributed by atoms with Crippen LogP contribution < -0.4 is 5.32 Å². The predicted molar refractivity (Wildman–Crippen MR) is 92.2 cm³/mol. The Labute approximate surface area is 154 Å². The van der Waals surface area contributed by atoms with E-state index < -0.39 is 36.8 Å². The highest BCUT2D eigenvalue weighted by molar-refractivity contribution is 5.79. The molecule has 27 heavy (non-hydrogen) atoms. The Bertz CT molecular complexity index is 829. The molecule has 0 atom stereocenters. The molecular formula is C20H18F3NO3. The first kappa shape index (κ1) is 17.9. The highest BCUT2D eigenvalue weighted by Crippen LogP contribution is 2.46. The molecule has 0 heterocycles. The van der Waals surface area contributed by atoms with Crippen LogP contribution in [0.5, 0.6) is 0 Å². The first-order chi connectivity index (χ1) is 12.8. The quantitative estimate of drug-likeness (QED) is 0.851. The van der Waals surface area contributed by atoms with Gasteiger partial charge in [0.2, 0.25) is 0 Å². The SMILES string of the molecule is O=C(NC1CC(O)(C(F)(F)F)C1)OCC1c2ccccc2-c2ccccc21. The van der Waals surface area contributed by atoms with Gasteiger partial charge in [-0.3, -0.25) is 0 Å². The number of rotatable bonds is 3. The number of hydrogen-bond donors (Lipinski definition) is 2. The van der Waals surface area contributed by atoms with Gasteiger partial charge in [0.05, 0.1) is 0 Å². The number of fused-ring (bicyclic) bond motifs is 3. The fourth-order valence-electron chi connectivity index (χ4n) is 3.90. The standard InChI is InChI=1S/C20H18F3NO3/c21-20(22,23)19(26)9-12(10-19)24-18(25)27-11-17-15-7-3-1-5-13(15)14-6-2-4-8-16(14)17/h1-8,12,17,26H,9-11H2,(H,24,25). The summed E-state index contributed by atoms with van der Waals surface area (Å²) in [6.07, 6.45) is -6.57. The monoisotopic (exact) mass is 377 g/mol. The summed E-state index contributed by atoms with van der Waals surface area (Å²) in [5.41, 5.74) is 1.59. The van der Waals surface area contributed by atoms with E-state index in [1.54, 1.807) is 0 Å². The molecule has 1 fully saturated rings. The number of amides is 1. The Morgan fingerprint density at radius 3 is 2.11 bits per heavy atom. The van der Waals surface area contributed by atoms with E-state index in [-0.39, 0.29) is 12.5 Å². The van der Waals surface area contributed by atoms with E-state index >= 15 is 0 Å². The minimum atomic E-state index is -4.69. The molecule has 0 aliphatic heterocycles. The van der Waals surface area contributed by atoms with Crippen LogP contribution in [-0.2, 0) is 4.74 Å². The second kappa shape index (κ2) is 6.27. The van der Waals surface area contributed by atoms with Crippen LogP contribution >= 0.6 is 0 Å². The number of alkyl carbamates (subject to hydrolysis) is 1. The van der Waals surface area contributed by atoms with Crippen molar-refractivity contribution in [3.05, 3.63) is 59.7 Å². The molecular weight excluding hydrogens is 359 g/mol. The normalized spacial score (nSPS) is 23.9. The summed E-state index contributed by atoms with van der Waals surface area (Å²) in [5.74, 6) is -0.114. The predicted octanol–water partition coefficient (Wildman–Crippen LogP) is 3.98. The van der Waals surface area contributed by atoms with Crippen molar-refractivity contribution in [2.45, 2.75) is 36.6 Å². The van der Waals surface area contributed by atoms with Gasteiger partial charge < -0.3 is 15.2 Å². The van der Waals surface area contributed by atoms with Gasteiger partial charge in [0.15, 0.2) is 5.60 Å². The van der Waals surface area contributed by atoms with Gasteiger partial charge in [-0.05, 0) is 22.3 Å². The van der Waals surface area contributed by atoms with Gasteiger partial charge in [-0.15, -0.1) is 0 Å². The van der Waals surface area contributed by atoms with E-state index in [4.69, 9.17) is 4.74 Å². The highest BCUT2D eigenvalue weighted by Gasteiger charge is 2.61. The summed E-state index contributed by atoms with van der Waals surface area (Å²) in [4.78, 5) is 12.0. The maximum absolute atomic E-state index is 12.6. The van der Waals surface area contributed by atoms with Crippen LogP contribution in [0.4, 0.5) is 18.0 Å². The molecule has 0 saturated heterocycles. The van der Waals surface area contributed by atoms with E-state index in [1.807, 2.05) is 48.5 Å². The van der Waals surface area contributed by atoms with Crippen molar-refractivity contribution in [3.63, 3.8) is 0 Å². The van der Waals surface area contributed by atoms with Gasteiger partial charge in [-0.2, -0.15) is 13.2 Å². The number of nitrogens with one attached hydrogen (secondary N) is 1. The smallest absolute Gasteiger partial charge is 0.417 e. The maximum Gasteiger partial charge on any atom is 0.417 e. The fraction of sp³-hybridized carbons (Fsp3) is 0.350. The summed E-state index contributed by atoms with van der Waals surface area (Å²) in [5, 5.41) is 11.8. The second-order valence-corrected chi connectivity index (χ2v) is 7.10. The molecule has 0 spiro atoms. The number of halogens is 3.